The summed E-state index contributed by atoms with van der Waals surface area (Å²) in [6, 6.07) is -0.825. The molecule has 0 bridgehead atoms. The first-order chi connectivity index (χ1) is 7.90. The fourth-order valence-electron chi connectivity index (χ4n) is 0.905. The van der Waals surface area contributed by atoms with Crippen molar-refractivity contribution in [3.8, 4) is 0 Å². The van der Waals surface area contributed by atoms with Crippen LogP contribution in [0.1, 0.15) is 0 Å². The molecule has 0 aliphatic carbocycles. The average molecular weight is 248 g/mol. The van der Waals surface area contributed by atoms with Crippen LogP contribution in [0.4, 0.5) is 0 Å². The highest BCUT2D eigenvalue weighted by Crippen LogP contribution is 1.91. The SMILES string of the molecule is COC(=O)C1NCCNC1=O.O=C(O)C(=O)O. The van der Waals surface area contributed by atoms with Crippen LogP contribution in [-0.2, 0) is 23.9 Å². The largest absolute Gasteiger partial charge is 0.473 e. The topological polar surface area (TPSA) is 142 Å². The van der Waals surface area contributed by atoms with E-state index in [1.54, 1.807) is 0 Å². The first-order valence-electron chi connectivity index (χ1n) is 4.45. The summed E-state index contributed by atoms with van der Waals surface area (Å²) in [6.45, 7) is 1.16. The smallest absolute Gasteiger partial charge is 0.414 e. The van der Waals surface area contributed by atoms with Gasteiger partial charge in [0, 0.05) is 13.1 Å². The van der Waals surface area contributed by atoms with Crippen molar-refractivity contribution in [3.63, 3.8) is 0 Å². The molecule has 9 nitrogen and oxygen atoms in total. The quantitative estimate of drug-likeness (QED) is 0.225. The molecular formula is C8H12N2O7. The summed E-state index contributed by atoms with van der Waals surface area (Å²) in [5, 5.41) is 20.1. The molecule has 9 heteroatoms. The lowest BCUT2D eigenvalue weighted by Crippen LogP contribution is -2.56. The maximum atomic E-state index is 10.9. The molecule has 1 aliphatic heterocycles. The van der Waals surface area contributed by atoms with Gasteiger partial charge in [-0.1, -0.05) is 0 Å². The molecule has 0 aromatic heterocycles. The Labute approximate surface area is 95.7 Å². The fraction of sp³-hybridized carbons (Fsp3) is 0.500. The second-order valence-electron chi connectivity index (χ2n) is 2.81. The van der Waals surface area contributed by atoms with E-state index in [1.165, 1.54) is 7.11 Å². The van der Waals surface area contributed by atoms with Crippen molar-refractivity contribution < 1.29 is 34.1 Å². The highest BCUT2D eigenvalue weighted by atomic mass is 16.5. The molecule has 1 atom stereocenters. The second-order valence-corrected chi connectivity index (χ2v) is 2.81. The number of rotatable bonds is 1. The van der Waals surface area contributed by atoms with Crippen molar-refractivity contribution in [2.24, 2.45) is 0 Å². The van der Waals surface area contributed by atoms with Crippen molar-refractivity contribution >= 4 is 23.8 Å². The second kappa shape index (κ2) is 7.17. The number of methoxy groups -OCH3 is 1. The highest BCUT2D eigenvalue weighted by Gasteiger charge is 2.28. The lowest BCUT2D eigenvalue weighted by Gasteiger charge is -2.20. The van der Waals surface area contributed by atoms with Crippen LogP contribution in [0.3, 0.4) is 0 Å². The van der Waals surface area contributed by atoms with Crippen molar-refractivity contribution in [1.29, 1.82) is 0 Å². The number of carbonyl (C=O) groups excluding carboxylic acids is 2. The van der Waals surface area contributed by atoms with E-state index >= 15 is 0 Å². The van der Waals surface area contributed by atoms with E-state index in [4.69, 9.17) is 19.8 Å². The summed E-state index contributed by atoms with van der Waals surface area (Å²) in [5.41, 5.74) is 0. The molecule has 96 valence electrons. The third-order valence-corrected chi connectivity index (χ3v) is 1.65. The zero-order valence-corrected chi connectivity index (χ0v) is 8.93. The summed E-state index contributed by atoms with van der Waals surface area (Å²) in [6.07, 6.45) is 0. The Morgan fingerprint density at radius 2 is 1.76 bits per heavy atom. The molecule has 1 heterocycles. The van der Waals surface area contributed by atoms with Gasteiger partial charge in [0.15, 0.2) is 6.04 Å². The molecule has 1 amide bonds. The molecule has 17 heavy (non-hydrogen) atoms. The van der Waals surface area contributed by atoms with Crippen molar-refractivity contribution in [1.82, 2.24) is 10.6 Å². The summed E-state index contributed by atoms with van der Waals surface area (Å²) in [4.78, 5) is 40.0. The van der Waals surface area contributed by atoms with Crippen LogP contribution in [0.15, 0.2) is 0 Å². The van der Waals surface area contributed by atoms with Crippen LogP contribution in [0.5, 0.6) is 0 Å². The number of piperazine rings is 1. The molecule has 1 rings (SSSR count). The molecule has 0 aromatic rings. The molecule has 0 aromatic carbocycles. The van der Waals surface area contributed by atoms with Gasteiger partial charge in [-0.3, -0.25) is 10.1 Å². The first-order valence-corrected chi connectivity index (χ1v) is 4.45. The summed E-state index contributed by atoms with van der Waals surface area (Å²) >= 11 is 0. The summed E-state index contributed by atoms with van der Waals surface area (Å²) in [5.74, 6) is -4.50. The third kappa shape index (κ3) is 5.47. The Hall–Kier alpha value is -2.16. The Bertz CT molecular complexity index is 308. The maximum Gasteiger partial charge on any atom is 0.414 e. The van der Waals surface area contributed by atoms with Crippen molar-refractivity contribution in [2.45, 2.75) is 6.04 Å². The molecule has 0 spiro atoms. The summed E-state index contributed by atoms with van der Waals surface area (Å²) in [7, 11) is 1.26. The molecule has 1 aliphatic rings. The van der Waals surface area contributed by atoms with Crippen molar-refractivity contribution in [3.05, 3.63) is 0 Å². The van der Waals surface area contributed by atoms with Gasteiger partial charge < -0.3 is 20.3 Å². The molecule has 4 N–H and O–H groups in total. The van der Waals surface area contributed by atoms with E-state index in [9.17, 15) is 9.59 Å². The van der Waals surface area contributed by atoms with Crippen LogP contribution < -0.4 is 10.6 Å². The Balaban J connectivity index is 0.000000366. The van der Waals surface area contributed by atoms with E-state index in [2.05, 4.69) is 15.4 Å². The predicted molar refractivity (Wildman–Crippen MR) is 52.1 cm³/mol. The van der Waals surface area contributed by atoms with Gasteiger partial charge in [0.25, 0.3) is 0 Å². The normalized spacial score (nSPS) is 18.2. The van der Waals surface area contributed by atoms with E-state index in [0.717, 1.165) is 0 Å². The molecule has 0 saturated carbocycles. The fourth-order valence-corrected chi connectivity index (χ4v) is 0.905. The number of carbonyl (C=O) groups is 4. The lowest BCUT2D eigenvalue weighted by atomic mass is 10.2. The number of ether oxygens (including phenoxy) is 1. The Kier molecular flexibility index (Phi) is 6.26. The van der Waals surface area contributed by atoms with E-state index in [0.29, 0.717) is 13.1 Å². The van der Waals surface area contributed by atoms with Gasteiger partial charge in [0.1, 0.15) is 0 Å². The number of carboxylic acids is 2. The predicted octanol–water partition coefficient (Wildman–Crippen LogP) is -2.60. The summed E-state index contributed by atoms with van der Waals surface area (Å²) < 4.78 is 4.40. The van der Waals surface area contributed by atoms with Gasteiger partial charge in [-0.15, -0.1) is 0 Å². The number of hydrogen-bond donors (Lipinski definition) is 4. The van der Waals surface area contributed by atoms with Crippen molar-refractivity contribution in [2.75, 3.05) is 20.2 Å². The molecule has 1 saturated heterocycles. The van der Waals surface area contributed by atoms with Gasteiger partial charge in [0.05, 0.1) is 7.11 Å². The third-order valence-electron chi connectivity index (χ3n) is 1.65. The zero-order chi connectivity index (χ0) is 13.4. The minimum absolute atomic E-state index is 0.317. The monoisotopic (exact) mass is 248 g/mol. The Morgan fingerprint density at radius 3 is 2.12 bits per heavy atom. The number of nitrogens with one attached hydrogen (secondary N) is 2. The van der Waals surface area contributed by atoms with Crippen LogP contribution in [0, 0.1) is 0 Å². The number of amides is 1. The van der Waals surface area contributed by atoms with E-state index in [1.807, 2.05) is 0 Å². The van der Waals surface area contributed by atoms with Gasteiger partial charge in [-0.05, 0) is 0 Å². The van der Waals surface area contributed by atoms with Gasteiger partial charge in [-0.25, -0.2) is 14.4 Å². The Morgan fingerprint density at radius 1 is 1.24 bits per heavy atom. The van der Waals surface area contributed by atoms with E-state index in [-0.39, 0.29) is 5.91 Å². The number of carboxylic acid groups (broad SMARTS) is 2. The van der Waals surface area contributed by atoms with E-state index < -0.39 is 23.9 Å². The van der Waals surface area contributed by atoms with Crippen LogP contribution in [0.25, 0.3) is 0 Å². The van der Waals surface area contributed by atoms with Gasteiger partial charge >= 0.3 is 17.9 Å². The molecular weight excluding hydrogens is 236 g/mol. The minimum atomic E-state index is -1.82. The van der Waals surface area contributed by atoms with Gasteiger partial charge in [0.2, 0.25) is 5.91 Å². The van der Waals surface area contributed by atoms with Crippen LogP contribution in [-0.4, -0.2) is 60.3 Å². The molecule has 1 fully saturated rings. The molecule has 0 radical (unpaired) electrons. The number of aliphatic carboxylic acids is 2. The number of hydrogen-bond acceptors (Lipinski definition) is 6. The lowest BCUT2D eigenvalue weighted by molar-refractivity contribution is -0.159. The minimum Gasteiger partial charge on any atom is -0.473 e. The zero-order valence-electron chi connectivity index (χ0n) is 8.93. The van der Waals surface area contributed by atoms with Crippen LogP contribution >= 0.6 is 0 Å². The average Bonchev–Trinajstić information content (AvgIpc) is 2.29. The standard InChI is InChI=1S/C6H10N2O3.C2H2O4/c1-11-6(10)4-5(9)8-3-2-7-4;3-1(4)2(5)6/h4,7H,2-3H2,1H3,(H,8,9);(H,3,4)(H,5,6). The molecule has 1 unspecified atom stereocenters. The van der Waals surface area contributed by atoms with Crippen LogP contribution in [0.2, 0.25) is 0 Å². The first kappa shape index (κ1) is 14.8. The highest BCUT2D eigenvalue weighted by molar-refractivity contribution is 6.27. The van der Waals surface area contributed by atoms with Gasteiger partial charge in [-0.2, -0.15) is 0 Å². The maximum absolute atomic E-state index is 10.9. The number of esters is 1.